The summed E-state index contributed by atoms with van der Waals surface area (Å²) in [5.74, 6) is 0. The van der Waals surface area contributed by atoms with E-state index in [1.54, 1.807) is 0 Å². The van der Waals surface area contributed by atoms with Crippen LogP contribution in [0.2, 0.25) is 0 Å². The first-order valence-electron chi connectivity index (χ1n) is 17.4. The third-order valence-electron chi connectivity index (χ3n) is 10.3. The Morgan fingerprint density at radius 3 is 1.51 bits per heavy atom. The second-order valence-corrected chi connectivity index (χ2v) is 13.3. The molecule has 0 saturated heterocycles. The molecule has 0 amide bonds. The van der Waals surface area contributed by atoms with Crippen molar-refractivity contribution in [3.8, 4) is 66.9 Å². The van der Waals surface area contributed by atoms with Gasteiger partial charge in [0.1, 0.15) is 0 Å². The summed E-state index contributed by atoms with van der Waals surface area (Å²) in [7, 11) is 0. The lowest BCUT2D eigenvalue weighted by Gasteiger charge is -2.24. The molecule has 10 rings (SSSR count). The SMILES string of the molecule is OC1c2ccccc2-c2nccc3c4cc(-c5cc(-c6cccc(-c7ccccc7)c6)cc(-c6cccc(-c7ccccc7)c6)c5)ccc4n1c23. The van der Waals surface area contributed by atoms with Gasteiger partial charge in [0, 0.05) is 28.1 Å². The number of aliphatic hydroxyl groups excluding tert-OH is 1. The Balaban J connectivity index is 1.17. The van der Waals surface area contributed by atoms with Gasteiger partial charge in [0.15, 0.2) is 6.23 Å². The third kappa shape index (κ3) is 4.90. The van der Waals surface area contributed by atoms with E-state index < -0.39 is 6.23 Å². The number of fused-ring (bicyclic) bond motifs is 5. The third-order valence-corrected chi connectivity index (χ3v) is 10.3. The van der Waals surface area contributed by atoms with Crippen molar-refractivity contribution in [1.29, 1.82) is 0 Å². The van der Waals surface area contributed by atoms with Gasteiger partial charge in [-0.25, -0.2) is 0 Å². The van der Waals surface area contributed by atoms with Crippen LogP contribution in [0.25, 0.3) is 88.7 Å². The van der Waals surface area contributed by atoms with Crippen LogP contribution in [0.15, 0.2) is 182 Å². The summed E-state index contributed by atoms with van der Waals surface area (Å²) in [5.41, 5.74) is 16.4. The fourth-order valence-corrected chi connectivity index (χ4v) is 7.85. The molecule has 240 valence electrons. The number of aromatic nitrogens is 2. The van der Waals surface area contributed by atoms with Crippen LogP contribution in [0.3, 0.4) is 0 Å². The van der Waals surface area contributed by atoms with E-state index in [-0.39, 0.29) is 0 Å². The largest absolute Gasteiger partial charge is 0.369 e. The van der Waals surface area contributed by atoms with Crippen molar-refractivity contribution >= 4 is 21.8 Å². The molecule has 1 N–H and O–H groups in total. The van der Waals surface area contributed by atoms with Crippen LogP contribution in [0.1, 0.15) is 11.8 Å². The van der Waals surface area contributed by atoms with Crippen LogP contribution in [0.5, 0.6) is 0 Å². The molecular weight excluding hydrogens is 621 g/mol. The lowest BCUT2D eigenvalue weighted by atomic mass is 9.91. The van der Waals surface area contributed by atoms with E-state index in [1.807, 2.05) is 29.0 Å². The molecule has 3 heteroatoms. The molecule has 0 aliphatic carbocycles. The summed E-state index contributed by atoms with van der Waals surface area (Å²) in [5, 5.41) is 13.9. The van der Waals surface area contributed by atoms with Gasteiger partial charge in [-0.1, -0.05) is 127 Å². The van der Waals surface area contributed by atoms with Gasteiger partial charge in [0.2, 0.25) is 0 Å². The molecule has 3 heterocycles. The molecule has 9 aromatic rings. The van der Waals surface area contributed by atoms with Gasteiger partial charge in [0.25, 0.3) is 0 Å². The van der Waals surface area contributed by atoms with Gasteiger partial charge in [-0.05, 0) is 104 Å². The zero-order valence-corrected chi connectivity index (χ0v) is 27.7. The van der Waals surface area contributed by atoms with E-state index in [4.69, 9.17) is 4.98 Å². The molecule has 0 radical (unpaired) electrons. The van der Waals surface area contributed by atoms with E-state index in [0.717, 1.165) is 60.9 Å². The Morgan fingerprint density at radius 2 is 0.902 bits per heavy atom. The number of pyridine rings is 1. The van der Waals surface area contributed by atoms with Gasteiger partial charge in [-0.2, -0.15) is 0 Å². The van der Waals surface area contributed by atoms with Crippen molar-refractivity contribution in [2.24, 2.45) is 0 Å². The highest BCUT2D eigenvalue weighted by Gasteiger charge is 2.28. The molecule has 2 aromatic heterocycles. The summed E-state index contributed by atoms with van der Waals surface area (Å²) < 4.78 is 2.05. The summed E-state index contributed by atoms with van der Waals surface area (Å²) in [6.07, 6.45) is 1.10. The Morgan fingerprint density at radius 1 is 0.412 bits per heavy atom. The lowest BCUT2D eigenvalue weighted by molar-refractivity contribution is 0.155. The van der Waals surface area contributed by atoms with Gasteiger partial charge in [-0.15, -0.1) is 0 Å². The Labute approximate surface area is 296 Å². The highest BCUT2D eigenvalue weighted by Crippen LogP contribution is 2.45. The van der Waals surface area contributed by atoms with Crippen LogP contribution < -0.4 is 0 Å². The molecule has 0 fully saturated rings. The molecule has 3 nitrogen and oxygen atoms in total. The fourth-order valence-electron chi connectivity index (χ4n) is 7.85. The summed E-state index contributed by atoms with van der Waals surface area (Å²) in [6, 6.07) is 62.4. The number of rotatable bonds is 5. The van der Waals surface area contributed by atoms with Crippen molar-refractivity contribution in [3.05, 3.63) is 188 Å². The van der Waals surface area contributed by atoms with E-state index >= 15 is 0 Å². The van der Waals surface area contributed by atoms with E-state index in [0.29, 0.717) is 0 Å². The number of hydrogen-bond acceptors (Lipinski definition) is 2. The quantitative estimate of drug-likeness (QED) is 0.201. The summed E-state index contributed by atoms with van der Waals surface area (Å²) in [4.78, 5) is 4.81. The molecular formula is C48H32N2O. The highest BCUT2D eigenvalue weighted by molar-refractivity contribution is 6.14. The minimum absolute atomic E-state index is 0.785. The second-order valence-electron chi connectivity index (χ2n) is 13.3. The topological polar surface area (TPSA) is 38.1 Å². The molecule has 51 heavy (non-hydrogen) atoms. The molecule has 1 aliphatic rings. The Bertz CT molecular complexity index is 2660. The first-order valence-corrected chi connectivity index (χ1v) is 17.4. The Kier molecular flexibility index (Phi) is 6.80. The highest BCUT2D eigenvalue weighted by atomic mass is 16.3. The van der Waals surface area contributed by atoms with Crippen molar-refractivity contribution in [1.82, 2.24) is 9.55 Å². The number of hydrogen-bond donors (Lipinski definition) is 1. The van der Waals surface area contributed by atoms with Gasteiger partial charge >= 0.3 is 0 Å². The zero-order chi connectivity index (χ0) is 33.9. The van der Waals surface area contributed by atoms with Crippen LogP contribution in [0.4, 0.5) is 0 Å². The number of nitrogens with zero attached hydrogens (tertiary/aromatic N) is 2. The van der Waals surface area contributed by atoms with Crippen LogP contribution in [0, 0.1) is 0 Å². The first-order chi connectivity index (χ1) is 25.2. The minimum atomic E-state index is -0.785. The maximum Gasteiger partial charge on any atom is 0.158 e. The molecule has 1 aliphatic heterocycles. The smallest absolute Gasteiger partial charge is 0.158 e. The minimum Gasteiger partial charge on any atom is -0.369 e. The normalized spacial score (nSPS) is 13.4. The van der Waals surface area contributed by atoms with Gasteiger partial charge in [-0.3, -0.25) is 4.98 Å². The van der Waals surface area contributed by atoms with E-state index in [1.165, 1.54) is 33.4 Å². The van der Waals surface area contributed by atoms with Crippen molar-refractivity contribution < 1.29 is 5.11 Å². The predicted molar refractivity (Wildman–Crippen MR) is 210 cm³/mol. The lowest BCUT2D eigenvalue weighted by Crippen LogP contribution is -2.15. The summed E-state index contributed by atoms with van der Waals surface area (Å²) >= 11 is 0. The average molecular weight is 653 g/mol. The molecule has 1 atom stereocenters. The first kappa shape index (κ1) is 29.4. The molecule has 0 saturated carbocycles. The maximum absolute atomic E-state index is 11.7. The molecule has 0 bridgehead atoms. The monoisotopic (exact) mass is 652 g/mol. The second kappa shape index (κ2) is 11.8. The summed E-state index contributed by atoms with van der Waals surface area (Å²) in [6.45, 7) is 0. The zero-order valence-electron chi connectivity index (χ0n) is 27.7. The van der Waals surface area contributed by atoms with Crippen molar-refractivity contribution in [3.63, 3.8) is 0 Å². The van der Waals surface area contributed by atoms with Crippen LogP contribution in [-0.4, -0.2) is 14.7 Å². The fraction of sp³-hybridized carbons (Fsp3) is 0.0208. The molecule has 1 unspecified atom stereocenters. The Hall–Kier alpha value is -6.55. The number of benzene rings is 7. The average Bonchev–Trinajstić information content (AvgIpc) is 3.55. The maximum atomic E-state index is 11.7. The van der Waals surface area contributed by atoms with Crippen LogP contribution in [-0.2, 0) is 0 Å². The standard InChI is InChI=1S/C48H32N2O/c51-48-43-20-8-7-19-41(43)46-47-42(23-24-49-46)44-30-37(21-22-45(44)50(47)48)40-28-38(35-17-9-15-33(25-35)31-11-3-1-4-12-31)27-39(29-40)36-18-10-16-34(26-36)32-13-5-2-6-14-32/h1-30,48,51H. The van der Waals surface area contributed by atoms with Crippen LogP contribution >= 0.6 is 0 Å². The van der Waals surface area contributed by atoms with Gasteiger partial charge < -0.3 is 9.67 Å². The van der Waals surface area contributed by atoms with E-state index in [2.05, 4.69) is 158 Å². The van der Waals surface area contributed by atoms with E-state index in [9.17, 15) is 5.11 Å². The van der Waals surface area contributed by atoms with Crippen molar-refractivity contribution in [2.45, 2.75) is 6.23 Å². The molecule has 7 aromatic carbocycles. The predicted octanol–water partition coefficient (Wildman–Crippen LogP) is 12.0. The number of aliphatic hydroxyl groups is 1. The van der Waals surface area contributed by atoms with Gasteiger partial charge in [0.05, 0.1) is 16.7 Å². The molecule has 0 spiro atoms. The van der Waals surface area contributed by atoms with Crippen molar-refractivity contribution in [2.75, 3.05) is 0 Å².